The zero-order chi connectivity index (χ0) is 21.5. The first kappa shape index (κ1) is 31.5. The molecule has 0 saturated carbocycles. The molecule has 0 aliphatic carbocycles. The molecule has 1 unspecified atom stereocenters. The quantitative estimate of drug-likeness (QED) is 0.0937. The summed E-state index contributed by atoms with van der Waals surface area (Å²) in [6.07, 6.45) is 20.5. The van der Waals surface area contributed by atoms with Crippen molar-refractivity contribution in [3.05, 3.63) is 0 Å². The maximum absolute atomic E-state index is 9.94. The number of hydrogen-bond acceptors (Lipinski definition) is 4. The standard InChI is InChI=1S/C23H49ClO3Si.H3N/c1-5-7-8-9-10-11-12-13-14-15-16-17-18-19-21-22(3,4)23(24,20-6-2)28(25,26)27;/h25-27H,5-21H2,1-4H3;1H3. The van der Waals surface area contributed by atoms with Gasteiger partial charge in [0.25, 0.3) is 0 Å². The van der Waals surface area contributed by atoms with Crippen LogP contribution in [0.3, 0.4) is 0 Å². The van der Waals surface area contributed by atoms with Gasteiger partial charge in [-0.2, -0.15) is 0 Å². The Kier molecular flexibility index (Phi) is 18.4. The van der Waals surface area contributed by atoms with E-state index >= 15 is 0 Å². The normalized spacial score (nSPS) is 14.5. The molecule has 0 radical (unpaired) electrons. The summed E-state index contributed by atoms with van der Waals surface area (Å²) in [5.74, 6) is 0. The van der Waals surface area contributed by atoms with Gasteiger partial charge in [0.15, 0.2) is 0 Å². The summed E-state index contributed by atoms with van der Waals surface area (Å²) in [6.45, 7) is 8.15. The van der Waals surface area contributed by atoms with E-state index in [-0.39, 0.29) is 6.15 Å². The van der Waals surface area contributed by atoms with E-state index in [0.29, 0.717) is 6.42 Å². The molecule has 0 heterocycles. The van der Waals surface area contributed by atoms with Crippen LogP contribution in [0.5, 0.6) is 0 Å². The van der Waals surface area contributed by atoms with Gasteiger partial charge in [-0.3, -0.25) is 0 Å². The van der Waals surface area contributed by atoms with Crippen molar-refractivity contribution in [2.45, 2.75) is 141 Å². The molecule has 0 amide bonds. The summed E-state index contributed by atoms with van der Waals surface area (Å²) in [5.41, 5.74) is -0.494. The van der Waals surface area contributed by atoms with E-state index in [1.165, 1.54) is 77.0 Å². The molecule has 4 nitrogen and oxygen atoms in total. The fourth-order valence-electron chi connectivity index (χ4n) is 4.26. The molecular formula is C23H52ClNO3Si. The predicted octanol–water partition coefficient (Wildman–Crippen LogP) is 7.28. The Morgan fingerprint density at radius 3 is 1.24 bits per heavy atom. The second-order valence-corrected chi connectivity index (χ2v) is 12.5. The molecule has 0 aromatic rings. The van der Waals surface area contributed by atoms with E-state index in [9.17, 15) is 14.4 Å². The minimum atomic E-state index is -4.41. The minimum absolute atomic E-state index is 0. The van der Waals surface area contributed by atoms with Gasteiger partial charge in [0.2, 0.25) is 0 Å². The monoisotopic (exact) mass is 453 g/mol. The average Bonchev–Trinajstić information content (AvgIpc) is 2.61. The zero-order valence-corrected chi connectivity index (χ0v) is 21.7. The van der Waals surface area contributed by atoms with Gasteiger partial charge in [-0.1, -0.05) is 124 Å². The van der Waals surface area contributed by atoms with Gasteiger partial charge in [0.05, 0.1) is 0 Å². The third kappa shape index (κ3) is 12.7. The summed E-state index contributed by atoms with van der Waals surface area (Å²) in [6, 6.07) is 0. The van der Waals surface area contributed by atoms with Crippen LogP contribution in [-0.4, -0.2) is 27.7 Å². The molecule has 1 atom stereocenters. The van der Waals surface area contributed by atoms with E-state index < -0.39 is 18.7 Å². The van der Waals surface area contributed by atoms with E-state index in [4.69, 9.17) is 11.6 Å². The zero-order valence-electron chi connectivity index (χ0n) is 19.9. The van der Waals surface area contributed by atoms with Crippen molar-refractivity contribution in [2.75, 3.05) is 0 Å². The summed E-state index contributed by atoms with van der Waals surface area (Å²) in [7, 11) is -4.41. The molecule has 29 heavy (non-hydrogen) atoms. The number of unbranched alkanes of at least 4 members (excludes halogenated alkanes) is 13. The molecular weight excluding hydrogens is 402 g/mol. The number of alkyl halides is 1. The second-order valence-electron chi connectivity index (χ2n) is 9.42. The Bertz CT molecular complexity index is 378. The van der Waals surface area contributed by atoms with Crippen LogP contribution in [0.1, 0.15) is 137 Å². The van der Waals surface area contributed by atoms with E-state index in [0.717, 1.165) is 25.7 Å². The highest BCUT2D eigenvalue weighted by Crippen LogP contribution is 2.47. The minimum Gasteiger partial charge on any atom is -0.389 e. The molecule has 0 rings (SSSR count). The van der Waals surface area contributed by atoms with Crippen molar-refractivity contribution < 1.29 is 14.4 Å². The third-order valence-electron chi connectivity index (χ3n) is 6.35. The van der Waals surface area contributed by atoms with E-state index in [2.05, 4.69) is 6.92 Å². The average molecular weight is 454 g/mol. The number of rotatable bonds is 19. The van der Waals surface area contributed by atoms with Gasteiger partial charge in [-0.05, 0) is 18.3 Å². The lowest BCUT2D eigenvalue weighted by atomic mass is 9.80. The summed E-state index contributed by atoms with van der Waals surface area (Å²) < 4.78 is -1.30. The van der Waals surface area contributed by atoms with Gasteiger partial charge < -0.3 is 20.5 Å². The lowest BCUT2D eigenvalue weighted by Crippen LogP contribution is -2.63. The Labute approximate surface area is 187 Å². The molecule has 0 aliphatic heterocycles. The van der Waals surface area contributed by atoms with Crippen LogP contribution in [0.2, 0.25) is 0 Å². The van der Waals surface area contributed by atoms with E-state index in [1.54, 1.807) is 0 Å². The Morgan fingerprint density at radius 2 is 0.931 bits per heavy atom. The van der Waals surface area contributed by atoms with Crippen LogP contribution < -0.4 is 6.15 Å². The number of halogens is 1. The molecule has 6 N–H and O–H groups in total. The van der Waals surface area contributed by atoms with Gasteiger partial charge in [0.1, 0.15) is 4.50 Å². The Balaban J connectivity index is 0. The van der Waals surface area contributed by atoms with Crippen LogP contribution in [0.15, 0.2) is 0 Å². The highest BCUT2D eigenvalue weighted by Gasteiger charge is 2.60. The summed E-state index contributed by atoms with van der Waals surface area (Å²) >= 11 is 6.58. The lowest BCUT2D eigenvalue weighted by molar-refractivity contribution is 0.135. The molecule has 0 aliphatic rings. The van der Waals surface area contributed by atoms with Gasteiger partial charge in [-0.15, -0.1) is 11.6 Å². The maximum Gasteiger partial charge on any atom is 0.515 e. The van der Waals surface area contributed by atoms with Crippen LogP contribution in [0.25, 0.3) is 0 Å². The van der Waals surface area contributed by atoms with Crippen molar-refractivity contribution in [1.82, 2.24) is 6.15 Å². The van der Waals surface area contributed by atoms with Crippen molar-refractivity contribution in [1.29, 1.82) is 0 Å². The molecule has 0 aromatic heterocycles. The second kappa shape index (κ2) is 17.0. The SMILES string of the molecule is CCCCCCCCCCCCCCCCC(C)(C)C(Cl)(CCC)[Si](O)(O)O.N. The molecule has 6 heteroatoms. The molecule has 0 bridgehead atoms. The van der Waals surface area contributed by atoms with Gasteiger partial charge in [-0.25, -0.2) is 0 Å². The summed E-state index contributed by atoms with van der Waals surface area (Å²) in [5, 5.41) is 0. The molecule has 0 spiro atoms. The van der Waals surface area contributed by atoms with Gasteiger partial charge in [0, 0.05) is 0 Å². The maximum atomic E-state index is 9.94. The lowest BCUT2D eigenvalue weighted by Gasteiger charge is -2.44. The predicted molar refractivity (Wildman–Crippen MR) is 130 cm³/mol. The topological polar surface area (TPSA) is 95.7 Å². The van der Waals surface area contributed by atoms with E-state index in [1.807, 2.05) is 20.8 Å². The van der Waals surface area contributed by atoms with Crippen molar-refractivity contribution in [2.24, 2.45) is 5.41 Å². The van der Waals surface area contributed by atoms with Crippen LogP contribution >= 0.6 is 11.6 Å². The van der Waals surface area contributed by atoms with Crippen LogP contribution in [0, 0.1) is 5.41 Å². The summed E-state index contributed by atoms with van der Waals surface area (Å²) in [4.78, 5) is 29.8. The van der Waals surface area contributed by atoms with Gasteiger partial charge >= 0.3 is 8.80 Å². The Hall–Kier alpha value is 0.347. The first-order valence-electron chi connectivity index (χ1n) is 12.0. The third-order valence-corrected chi connectivity index (χ3v) is 9.81. The molecule has 0 aromatic carbocycles. The largest absolute Gasteiger partial charge is 0.515 e. The molecule has 0 saturated heterocycles. The van der Waals surface area contributed by atoms with Crippen LogP contribution in [0.4, 0.5) is 0 Å². The molecule has 0 fully saturated rings. The van der Waals surface area contributed by atoms with Crippen molar-refractivity contribution in [3.8, 4) is 0 Å². The first-order valence-corrected chi connectivity index (χ1v) is 14.2. The fourth-order valence-corrected chi connectivity index (χ4v) is 6.17. The first-order chi connectivity index (χ1) is 13.1. The highest BCUT2D eigenvalue weighted by atomic mass is 35.5. The molecule has 178 valence electrons. The number of hydrogen-bond donors (Lipinski definition) is 4. The smallest absolute Gasteiger partial charge is 0.389 e. The van der Waals surface area contributed by atoms with Crippen molar-refractivity contribution >= 4 is 20.4 Å². The Morgan fingerprint density at radius 1 is 0.586 bits per heavy atom. The highest BCUT2D eigenvalue weighted by molar-refractivity contribution is 6.71. The van der Waals surface area contributed by atoms with Crippen LogP contribution in [-0.2, 0) is 0 Å². The fraction of sp³-hybridized carbons (Fsp3) is 1.00. The van der Waals surface area contributed by atoms with Crippen molar-refractivity contribution in [3.63, 3.8) is 0 Å².